The third-order valence-corrected chi connectivity index (χ3v) is 8.23. The zero-order chi connectivity index (χ0) is 21.3. The van der Waals surface area contributed by atoms with Gasteiger partial charge in [-0.1, -0.05) is 47.5 Å². The quantitative estimate of drug-likeness (QED) is 0.717. The van der Waals surface area contributed by atoms with E-state index in [9.17, 15) is 13.2 Å². The topological polar surface area (TPSA) is 69.7 Å². The van der Waals surface area contributed by atoms with E-state index >= 15 is 0 Å². The predicted molar refractivity (Wildman–Crippen MR) is 117 cm³/mol. The molecule has 1 saturated carbocycles. The molecular weight excluding hydrogens is 445 g/mol. The summed E-state index contributed by atoms with van der Waals surface area (Å²) in [7, 11) is -3.68. The van der Waals surface area contributed by atoms with Crippen LogP contribution in [0.4, 0.5) is 4.79 Å². The molecule has 1 saturated heterocycles. The second-order valence-electron chi connectivity index (χ2n) is 7.64. The van der Waals surface area contributed by atoms with Crippen LogP contribution in [0.3, 0.4) is 0 Å². The number of amides is 2. The van der Waals surface area contributed by atoms with Gasteiger partial charge in [-0.2, -0.15) is 4.31 Å². The third-order valence-electron chi connectivity index (χ3n) is 5.58. The number of carbonyl (C=O) groups is 1. The fourth-order valence-electron chi connectivity index (χ4n) is 3.72. The average molecular weight is 468 g/mol. The number of nitrogens with one attached hydrogen (secondary N) is 1. The van der Waals surface area contributed by atoms with E-state index in [2.05, 4.69) is 5.32 Å². The van der Waals surface area contributed by atoms with Crippen molar-refractivity contribution in [2.45, 2.75) is 23.8 Å². The normalized spacial score (nSPS) is 18.8. The second kappa shape index (κ2) is 8.75. The summed E-state index contributed by atoms with van der Waals surface area (Å²) in [4.78, 5) is 14.6. The number of urea groups is 1. The molecule has 30 heavy (non-hydrogen) atoms. The highest BCUT2D eigenvalue weighted by atomic mass is 35.5. The van der Waals surface area contributed by atoms with Crippen LogP contribution < -0.4 is 5.32 Å². The van der Waals surface area contributed by atoms with Gasteiger partial charge in [0.1, 0.15) is 4.90 Å². The number of carbonyl (C=O) groups excluding carboxylic acids is 1. The molecule has 2 aliphatic rings. The summed E-state index contributed by atoms with van der Waals surface area (Å²) >= 11 is 12.1. The molecule has 0 bridgehead atoms. The van der Waals surface area contributed by atoms with Gasteiger partial charge in [0.25, 0.3) is 0 Å². The first-order chi connectivity index (χ1) is 14.4. The smallest absolute Gasteiger partial charge is 0.317 e. The molecule has 0 radical (unpaired) electrons. The largest absolute Gasteiger partial charge is 0.331 e. The number of rotatable bonds is 5. The standard InChI is InChI=1S/C21H23Cl2N3O3S/c22-17-9-7-16(8-10-17)20(15-5-6-15)24-21(27)25-11-13-26(14-12-25)30(28,29)19-4-2-1-3-18(19)23/h1-4,7-10,15,20H,5-6,11-14H2,(H,24,27)/t20-/m0/s1. The van der Waals surface area contributed by atoms with Gasteiger partial charge in [-0.25, -0.2) is 13.2 Å². The maximum Gasteiger partial charge on any atom is 0.317 e. The number of piperazine rings is 1. The van der Waals surface area contributed by atoms with Gasteiger partial charge in [0, 0.05) is 31.2 Å². The summed E-state index contributed by atoms with van der Waals surface area (Å²) in [6.45, 7) is 1.12. The summed E-state index contributed by atoms with van der Waals surface area (Å²) in [5.74, 6) is 0.428. The van der Waals surface area contributed by atoms with Gasteiger partial charge in [0.15, 0.2) is 0 Å². The van der Waals surface area contributed by atoms with Crippen molar-refractivity contribution in [2.75, 3.05) is 26.2 Å². The number of hydrogen-bond acceptors (Lipinski definition) is 3. The Labute approximate surface area is 186 Å². The lowest BCUT2D eigenvalue weighted by molar-refractivity contribution is 0.167. The van der Waals surface area contributed by atoms with Crippen LogP contribution in [0, 0.1) is 5.92 Å². The molecule has 6 nitrogen and oxygen atoms in total. The van der Waals surface area contributed by atoms with Crippen LogP contribution >= 0.6 is 23.2 Å². The van der Waals surface area contributed by atoms with E-state index in [0.29, 0.717) is 24.0 Å². The highest BCUT2D eigenvalue weighted by Crippen LogP contribution is 2.41. The Bertz CT molecular complexity index is 1020. The van der Waals surface area contributed by atoms with E-state index in [1.165, 1.54) is 10.4 Å². The molecule has 2 amide bonds. The second-order valence-corrected chi connectivity index (χ2v) is 10.4. The summed E-state index contributed by atoms with van der Waals surface area (Å²) in [6.07, 6.45) is 2.16. The van der Waals surface area contributed by atoms with Gasteiger partial charge in [0.2, 0.25) is 10.0 Å². The Balaban J connectivity index is 1.39. The van der Waals surface area contributed by atoms with Crippen LogP contribution in [0.5, 0.6) is 0 Å². The van der Waals surface area contributed by atoms with Crippen molar-refractivity contribution in [3.05, 3.63) is 64.1 Å². The molecule has 2 aromatic rings. The minimum Gasteiger partial charge on any atom is -0.331 e. The van der Waals surface area contributed by atoms with E-state index in [0.717, 1.165) is 18.4 Å². The minimum atomic E-state index is -3.68. The van der Waals surface area contributed by atoms with Crippen molar-refractivity contribution in [3.63, 3.8) is 0 Å². The highest BCUT2D eigenvalue weighted by Gasteiger charge is 2.36. The maximum atomic E-state index is 12.9. The molecular formula is C21H23Cl2N3O3S. The lowest BCUT2D eigenvalue weighted by Crippen LogP contribution is -2.53. The minimum absolute atomic E-state index is 0.0559. The van der Waals surface area contributed by atoms with Gasteiger partial charge >= 0.3 is 6.03 Å². The van der Waals surface area contributed by atoms with Crippen LogP contribution in [-0.2, 0) is 10.0 Å². The zero-order valence-corrected chi connectivity index (χ0v) is 18.6. The Morgan fingerprint density at radius 1 is 0.967 bits per heavy atom. The molecule has 1 aliphatic heterocycles. The van der Waals surface area contributed by atoms with E-state index in [1.54, 1.807) is 23.1 Å². The molecule has 160 valence electrons. The van der Waals surface area contributed by atoms with Crippen LogP contribution in [0.15, 0.2) is 53.4 Å². The zero-order valence-electron chi connectivity index (χ0n) is 16.3. The molecule has 0 unspecified atom stereocenters. The number of nitrogens with zero attached hydrogens (tertiary/aromatic N) is 2. The summed E-state index contributed by atoms with van der Waals surface area (Å²) in [5, 5.41) is 4.00. The molecule has 0 spiro atoms. The van der Waals surface area contributed by atoms with E-state index in [-0.39, 0.29) is 35.1 Å². The molecule has 2 aromatic carbocycles. The van der Waals surface area contributed by atoms with Crippen LogP contribution in [-0.4, -0.2) is 49.8 Å². The summed E-state index contributed by atoms with van der Waals surface area (Å²) in [5.41, 5.74) is 1.04. The van der Waals surface area contributed by atoms with Crippen molar-refractivity contribution in [1.82, 2.24) is 14.5 Å². The molecule has 2 fully saturated rings. The first kappa shape index (κ1) is 21.4. The van der Waals surface area contributed by atoms with Gasteiger partial charge in [-0.05, 0) is 48.6 Å². The van der Waals surface area contributed by atoms with E-state index in [4.69, 9.17) is 23.2 Å². The SMILES string of the molecule is O=C(N[C@H](c1ccc(Cl)cc1)C1CC1)N1CCN(S(=O)(=O)c2ccccc2Cl)CC1. The lowest BCUT2D eigenvalue weighted by atomic mass is 10.0. The van der Waals surface area contributed by atoms with Crippen LogP contribution in [0.25, 0.3) is 0 Å². The first-order valence-corrected chi connectivity index (χ1v) is 12.1. The van der Waals surface area contributed by atoms with Gasteiger partial charge in [0.05, 0.1) is 11.1 Å². The van der Waals surface area contributed by atoms with Crippen molar-refractivity contribution in [2.24, 2.45) is 5.92 Å². The lowest BCUT2D eigenvalue weighted by Gasteiger charge is -2.35. The summed E-state index contributed by atoms with van der Waals surface area (Å²) in [6, 6.07) is 13.7. The highest BCUT2D eigenvalue weighted by molar-refractivity contribution is 7.89. The van der Waals surface area contributed by atoms with Gasteiger partial charge in [-0.3, -0.25) is 0 Å². The number of halogens is 2. The molecule has 0 aromatic heterocycles. The average Bonchev–Trinajstić information content (AvgIpc) is 3.58. The molecule has 4 rings (SSSR count). The number of benzene rings is 2. The third kappa shape index (κ3) is 4.59. The predicted octanol–water partition coefficient (Wildman–Crippen LogP) is 4.16. The fourth-order valence-corrected chi connectivity index (χ4v) is 5.76. The van der Waals surface area contributed by atoms with E-state index < -0.39 is 10.0 Å². The van der Waals surface area contributed by atoms with Crippen molar-refractivity contribution in [1.29, 1.82) is 0 Å². The van der Waals surface area contributed by atoms with Gasteiger partial charge < -0.3 is 10.2 Å². The van der Waals surface area contributed by atoms with Crippen molar-refractivity contribution >= 4 is 39.3 Å². The first-order valence-electron chi connectivity index (χ1n) is 9.92. The number of hydrogen-bond donors (Lipinski definition) is 1. The van der Waals surface area contributed by atoms with Crippen LogP contribution in [0.2, 0.25) is 10.0 Å². The fraction of sp³-hybridized carbons (Fsp3) is 0.381. The molecule has 1 atom stereocenters. The Morgan fingerprint density at radius 3 is 2.20 bits per heavy atom. The Morgan fingerprint density at radius 2 is 1.60 bits per heavy atom. The molecule has 1 heterocycles. The Hall–Kier alpha value is -1.80. The van der Waals surface area contributed by atoms with Gasteiger partial charge in [-0.15, -0.1) is 0 Å². The Kier molecular flexibility index (Phi) is 6.25. The summed E-state index contributed by atoms with van der Waals surface area (Å²) < 4.78 is 27.2. The van der Waals surface area contributed by atoms with E-state index in [1.807, 2.05) is 24.3 Å². The molecule has 1 aliphatic carbocycles. The van der Waals surface area contributed by atoms with Crippen molar-refractivity contribution < 1.29 is 13.2 Å². The maximum absolute atomic E-state index is 12.9. The molecule has 1 N–H and O–H groups in total. The monoisotopic (exact) mass is 467 g/mol. The molecule has 9 heteroatoms. The van der Waals surface area contributed by atoms with Crippen molar-refractivity contribution in [3.8, 4) is 0 Å². The number of sulfonamides is 1. The van der Waals surface area contributed by atoms with Crippen LogP contribution in [0.1, 0.15) is 24.4 Å².